The van der Waals surface area contributed by atoms with Gasteiger partial charge in [-0.15, -0.1) is 6.61 Å². The third-order valence-electron chi connectivity index (χ3n) is 3.12. The summed E-state index contributed by atoms with van der Waals surface area (Å²) in [5.41, 5.74) is 0. The maximum Gasteiger partial charge on any atom is -0.0809 e. The van der Waals surface area contributed by atoms with Crippen LogP contribution in [0.1, 0.15) is 60.3 Å². The maximum atomic E-state index is 8.93. The predicted octanol–water partition coefficient (Wildman–Crippen LogP) is 3.77. The van der Waals surface area contributed by atoms with Crippen LogP contribution in [0.3, 0.4) is 0 Å². The van der Waals surface area contributed by atoms with Crippen LogP contribution in [-0.2, 0) is 0 Å². The molecule has 0 bridgehead atoms. The van der Waals surface area contributed by atoms with Crippen LogP contribution in [0.2, 0.25) is 10.6 Å². The van der Waals surface area contributed by atoms with Gasteiger partial charge in [0.25, 0.3) is 0 Å². The SMILES string of the molecule is CCC(C)C[CH2][Al+][CH2]CC(C)CC.CC[O-]. The Hall–Kier alpha value is 0.492. The zero-order valence-electron chi connectivity index (χ0n) is 12.1. The zero-order valence-corrected chi connectivity index (χ0v) is 13.2. The van der Waals surface area contributed by atoms with Crippen LogP contribution in [0.4, 0.5) is 0 Å². The van der Waals surface area contributed by atoms with E-state index in [0.29, 0.717) is 0 Å². The standard InChI is InChI=1S/2C6H13.C2H5O.Al/c2*1-4-6(3)5-2;1-2-3;/h2*6H,1,4-5H2,2-3H3;2H2,1H3;/q;;-1;+1. The Labute approximate surface area is 110 Å². The summed E-state index contributed by atoms with van der Waals surface area (Å²) < 4.78 is 0. The molecule has 0 radical (unpaired) electrons. The average Bonchev–Trinajstić information content (AvgIpc) is 2.29. The fraction of sp³-hybridized carbons (Fsp3) is 1.00. The van der Waals surface area contributed by atoms with E-state index in [4.69, 9.17) is 5.11 Å². The van der Waals surface area contributed by atoms with Crippen LogP contribution in [-0.4, -0.2) is 21.8 Å². The van der Waals surface area contributed by atoms with E-state index >= 15 is 0 Å². The second kappa shape index (κ2) is 15.5. The first kappa shape index (κ1) is 18.8. The van der Waals surface area contributed by atoms with Gasteiger partial charge in [-0.3, -0.25) is 0 Å². The summed E-state index contributed by atoms with van der Waals surface area (Å²) in [6, 6.07) is 0. The third-order valence-corrected chi connectivity index (χ3v) is 4.60. The van der Waals surface area contributed by atoms with E-state index in [9.17, 15) is 0 Å². The van der Waals surface area contributed by atoms with Crippen LogP contribution in [0.15, 0.2) is 0 Å². The largest absolute Gasteiger partial charge is 0.855 e. The Kier molecular flexibility index (Phi) is 18.2. The quantitative estimate of drug-likeness (QED) is 0.469. The van der Waals surface area contributed by atoms with Gasteiger partial charge in [-0.1, -0.05) is 6.92 Å². The summed E-state index contributed by atoms with van der Waals surface area (Å²) in [5.74, 6) is 1.94. The fourth-order valence-electron chi connectivity index (χ4n) is 1.36. The van der Waals surface area contributed by atoms with Crippen molar-refractivity contribution in [2.75, 3.05) is 6.61 Å². The van der Waals surface area contributed by atoms with E-state index in [-0.39, 0.29) is 6.61 Å². The van der Waals surface area contributed by atoms with Gasteiger partial charge in [0.05, 0.1) is 0 Å². The van der Waals surface area contributed by atoms with Crippen molar-refractivity contribution in [3.8, 4) is 0 Å². The first-order valence-electron chi connectivity index (χ1n) is 7.01. The summed E-state index contributed by atoms with van der Waals surface area (Å²) in [7, 11) is 0. The zero-order chi connectivity index (χ0) is 12.8. The molecular weight excluding hydrogens is 211 g/mol. The second-order valence-corrected chi connectivity index (χ2v) is 6.49. The van der Waals surface area contributed by atoms with Crippen LogP contribution < -0.4 is 5.11 Å². The minimum atomic E-state index is 0. The van der Waals surface area contributed by atoms with Crippen LogP contribution >= 0.6 is 0 Å². The Balaban J connectivity index is 0. The van der Waals surface area contributed by atoms with Gasteiger partial charge in [0.1, 0.15) is 0 Å². The molecule has 0 saturated carbocycles. The molecule has 0 aromatic rings. The summed E-state index contributed by atoms with van der Waals surface area (Å²) in [6.07, 6.45) is 5.69. The molecule has 0 saturated heterocycles. The van der Waals surface area contributed by atoms with E-state index in [0.717, 1.165) is 27.1 Å². The van der Waals surface area contributed by atoms with Crippen LogP contribution in [0.25, 0.3) is 0 Å². The molecule has 2 unspecified atom stereocenters. The smallest absolute Gasteiger partial charge is 0.0809 e. The van der Waals surface area contributed by atoms with Crippen molar-refractivity contribution in [3.05, 3.63) is 0 Å². The van der Waals surface area contributed by atoms with Crippen LogP contribution in [0.5, 0.6) is 0 Å². The second-order valence-electron chi connectivity index (χ2n) is 4.76. The number of rotatable bonds is 8. The predicted molar refractivity (Wildman–Crippen MR) is 74.1 cm³/mol. The molecule has 2 atom stereocenters. The maximum absolute atomic E-state index is 8.93. The molecule has 96 valence electrons. The molecule has 0 amide bonds. The Morgan fingerprint density at radius 1 is 0.875 bits per heavy atom. The number of hydrogen-bond acceptors (Lipinski definition) is 1. The van der Waals surface area contributed by atoms with Gasteiger partial charge >= 0.3 is 91.0 Å². The van der Waals surface area contributed by atoms with E-state index in [1.807, 2.05) is 0 Å². The van der Waals surface area contributed by atoms with E-state index in [1.54, 1.807) is 6.92 Å². The molecule has 2 heteroatoms. The molecule has 0 aromatic heterocycles. The van der Waals surface area contributed by atoms with Gasteiger partial charge in [0.15, 0.2) is 0 Å². The molecule has 0 aliphatic carbocycles. The van der Waals surface area contributed by atoms with Crippen molar-refractivity contribution in [2.45, 2.75) is 70.9 Å². The molecule has 0 heterocycles. The molecule has 0 N–H and O–H groups in total. The first-order valence-corrected chi connectivity index (χ1v) is 8.65. The van der Waals surface area contributed by atoms with Crippen molar-refractivity contribution < 1.29 is 5.11 Å². The monoisotopic (exact) mass is 242 g/mol. The molecule has 16 heavy (non-hydrogen) atoms. The van der Waals surface area contributed by atoms with Gasteiger partial charge in [0, 0.05) is 0 Å². The van der Waals surface area contributed by atoms with Gasteiger partial charge < -0.3 is 5.11 Å². The summed E-state index contributed by atoms with van der Waals surface area (Å²) >= 11 is 0.765. The Morgan fingerprint density at radius 3 is 1.44 bits per heavy atom. The third kappa shape index (κ3) is 16.9. The molecule has 0 aliphatic rings. The number of hydrogen-bond donors (Lipinski definition) is 0. The van der Waals surface area contributed by atoms with Crippen molar-refractivity contribution in [1.82, 2.24) is 0 Å². The van der Waals surface area contributed by atoms with E-state index in [1.165, 1.54) is 36.2 Å². The molecule has 0 spiro atoms. The first-order chi connectivity index (χ1) is 7.62. The van der Waals surface area contributed by atoms with Gasteiger partial charge in [-0.2, -0.15) is 0 Å². The van der Waals surface area contributed by atoms with Crippen molar-refractivity contribution in [3.63, 3.8) is 0 Å². The Morgan fingerprint density at radius 2 is 1.19 bits per heavy atom. The normalized spacial score (nSPS) is 13.4. The van der Waals surface area contributed by atoms with Gasteiger partial charge in [-0.25, -0.2) is 0 Å². The molecule has 0 aromatic carbocycles. The minimum absolute atomic E-state index is 0. The molecule has 0 rings (SSSR count). The van der Waals surface area contributed by atoms with Crippen molar-refractivity contribution in [2.24, 2.45) is 11.8 Å². The van der Waals surface area contributed by atoms with E-state index in [2.05, 4.69) is 27.7 Å². The summed E-state index contributed by atoms with van der Waals surface area (Å²) in [5, 5.41) is 12.0. The fourth-order valence-corrected chi connectivity index (χ4v) is 3.26. The minimum Gasteiger partial charge on any atom is -0.855 e. The molecule has 1 nitrogen and oxygen atoms in total. The summed E-state index contributed by atoms with van der Waals surface area (Å²) in [4.78, 5) is 0. The molecular formula is C14H31AlO. The molecule has 0 fully saturated rings. The Bertz CT molecular complexity index is 105. The molecule has 0 aliphatic heterocycles. The average molecular weight is 242 g/mol. The van der Waals surface area contributed by atoms with Gasteiger partial charge in [0.2, 0.25) is 0 Å². The van der Waals surface area contributed by atoms with Crippen LogP contribution in [0, 0.1) is 11.8 Å². The topological polar surface area (TPSA) is 23.1 Å². The van der Waals surface area contributed by atoms with Crippen molar-refractivity contribution >= 4 is 15.2 Å². The van der Waals surface area contributed by atoms with E-state index < -0.39 is 0 Å². The summed E-state index contributed by atoms with van der Waals surface area (Å²) in [6.45, 7) is 10.9. The van der Waals surface area contributed by atoms with Gasteiger partial charge in [-0.05, 0) is 0 Å². The van der Waals surface area contributed by atoms with Crippen molar-refractivity contribution in [1.29, 1.82) is 0 Å².